The molecule has 0 rings (SSSR count). The van der Waals surface area contributed by atoms with Crippen molar-refractivity contribution in [2.75, 3.05) is 20.3 Å². The molecule has 0 aromatic rings. The normalized spacial score (nSPS) is 6.00. The largest absolute Gasteiger partial charge is 1.00 e. The Kier molecular flexibility index (Phi) is 35.6. The minimum absolute atomic E-state index is 0. The van der Waals surface area contributed by atoms with Crippen LogP contribution >= 0.6 is 12.4 Å². The van der Waals surface area contributed by atoms with Crippen molar-refractivity contribution in [3.05, 3.63) is 0 Å². The summed E-state index contributed by atoms with van der Waals surface area (Å²) in [5.74, 6) is 0. The smallest absolute Gasteiger partial charge is 0.853 e. The maximum atomic E-state index is 9.40. The summed E-state index contributed by atoms with van der Waals surface area (Å²) in [5.41, 5.74) is 0. The molecule has 0 aromatic carbocycles. The van der Waals surface area contributed by atoms with Crippen LogP contribution in [0.3, 0.4) is 0 Å². The number of methoxy groups -OCH3 is 1. The molecule has 0 bridgehead atoms. The number of ether oxygens (including phenoxy) is 1. The fourth-order valence-electron chi connectivity index (χ4n) is 0.0833. The van der Waals surface area contributed by atoms with Crippen molar-refractivity contribution in [2.24, 2.45) is 0 Å². The summed E-state index contributed by atoms with van der Waals surface area (Å²) >= 11 is 0. The van der Waals surface area contributed by atoms with Gasteiger partial charge in [0.2, 0.25) is 0 Å². The summed E-state index contributed by atoms with van der Waals surface area (Å²) in [5, 5.41) is 9.40. The van der Waals surface area contributed by atoms with Crippen LogP contribution in [-0.4, -0.2) is 20.3 Å². The van der Waals surface area contributed by atoms with Gasteiger partial charge in [-0.2, -0.15) is 0 Å². The van der Waals surface area contributed by atoms with Crippen LogP contribution in [0.15, 0.2) is 0 Å². The van der Waals surface area contributed by atoms with Gasteiger partial charge in [-0.3, -0.25) is 0 Å². The predicted molar refractivity (Wildman–Crippen MR) is 24.0 cm³/mol. The molecule has 0 spiro atoms. The molecule has 0 aliphatic rings. The van der Waals surface area contributed by atoms with Crippen LogP contribution in [-0.2, 0) is 4.74 Å². The SMILES string of the molecule is COCC[O-].Cl.[K+]. The topological polar surface area (TPSA) is 32.3 Å². The van der Waals surface area contributed by atoms with E-state index >= 15 is 0 Å². The number of hydrogen-bond acceptors (Lipinski definition) is 2. The van der Waals surface area contributed by atoms with Gasteiger partial charge in [-0.25, -0.2) is 0 Å². The Morgan fingerprint density at radius 1 is 1.57 bits per heavy atom. The summed E-state index contributed by atoms with van der Waals surface area (Å²) in [4.78, 5) is 0. The Bertz CT molecular complexity index is 20.4. The Balaban J connectivity index is -0.0000000800. The van der Waals surface area contributed by atoms with Crippen molar-refractivity contribution in [3.8, 4) is 0 Å². The minimum atomic E-state index is -0.128. The van der Waals surface area contributed by atoms with Crippen LogP contribution < -0.4 is 56.5 Å². The first-order valence-corrected chi connectivity index (χ1v) is 1.49. The van der Waals surface area contributed by atoms with Gasteiger partial charge in [-0.15, -0.1) is 19.0 Å². The second kappa shape index (κ2) is 15.7. The van der Waals surface area contributed by atoms with Crippen molar-refractivity contribution in [1.82, 2.24) is 0 Å². The third-order valence-corrected chi connectivity index (χ3v) is 0.287. The van der Waals surface area contributed by atoms with E-state index in [1.54, 1.807) is 0 Å². The van der Waals surface area contributed by atoms with E-state index in [-0.39, 0.29) is 70.4 Å². The molecule has 2 nitrogen and oxygen atoms in total. The van der Waals surface area contributed by atoms with Gasteiger partial charge in [0.1, 0.15) is 0 Å². The van der Waals surface area contributed by atoms with Gasteiger partial charge in [-0.05, 0) is 0 Å². The van der Waals surface area contributed by atoms with Gasteiger partial charge >= 0.3 is 51.4 Å². The van der Waals surface area contributed by atoms with Gasteiger partial charge in [-0.1, -0.05) is 0 Å². The third-order valence-electron chi connectivity index (χ3n) is 0.287. The van der Waals surface area contributed by atoms with Crippen molar-refractivity contribution < 1.29 is 61.2 Å². The van der Waals surface area contributed by atoms with E-state index < -0.39 is 0 Å². The first kappa shape index (κ1) is 15.9. The maximum Gasteiger partial charge on any atom is 1.00 e. The molecule has 0 saturated heterocycles. The molecule has 0 N–H and O–H groups in total. The molecular weight excluding hydrogens is 143 g/mol. The zero-order valence-electron chi connectivity index (χ0n) is 4.64. The van der Waals surface area contributed by atoms with Gasteiger partial charge < -0.3 is 9.84 Å². The van der Waals surface area contributed by atoms with E-state index in [2.05, 4.69) is 4.74 Å². The third kappa shape index (κ3) is 18.1. The van der Waals surface area contributed by atoms with Crippen LogP contribution in [0.2, 0.25) is 0 Å². The summed E-state index contributed by atoms with van der Waals surface area (Å²) < 4.78 is 4.38. The molecule has 7 heavy (non-hydrogen) atoms. The predicted octanol–water partition coefficient (Wildman–Crippen LogP) is -3.58. The summed E-state index contributed by atoms with van der Waals surface area (Å²) in [7, 11) is 1.51. The molecule has 0 radical (unpaired) electrons. The van der Waals surface area contributed by atoms with Crippen molar-refractivity contribution >= 4 is 12.4 Å². The Labute approximate surface area is 92.5 Å². The quantitative estimate of drug-likeness (QED) is 0.382. The molecule has 0 atom stereocenters. The van der Waals surface area contributed by atoms with E-state index in [4.69, 9.17) is 0 Å². The van der Waals surface area contributed by atoms with Gasteiger partial charge in [0.25, 0.3) is 0 Å². The molecule has 0 amide bonds. The first-order valence-electron chi connectivity index (χ1n) is 1.49. The average Bonchev–Trinajstić information content (AvgIpc) is 1.41. The van der Waals surface area contributed by atoms with Gasteiger partial charge in [0.05, 0.1) is 0 Å². The average molecular weight is 151 g/mol. The van der Waals surface area contributed by atoms with Crippen LogP contribution in [0.4, 0.5) is 0 Å². The number of rotatable bonds is 2. The minimum Gasteiger partial charge on any atom is -0.853 e. The van der Waals surface area contributed by atoms with E-state index in [1.165, 1.54) is 7.11 Å². The van der Waals surface area contributed by atoms with E-state index in [0.29, 0.717) is 6.61 Å². The molecule has 40 valence electrons. The molecule has 0 aliphatic heterocycles. The molecule has 0 fully saturated rings. The molecule has 0 aliphatic carbocycles. The second-order valence-corrected chi connectivity index (χ2v) is 0.697. The summed E-state index contributed by atoms with van der Waals surface area (Å²) in [6.45, 7) is 0.205. The molecule has 4 heteroatoms. The standard InChI is InChI=1S/C3H7O2.ClH.K/c1-5-3-2-4;;/h2-3H2,1H3;1H;/q-1;;+1. The van der Waals surface area contributed by atoms with Crippen LogP contribution in [0.1, 0.15) is 0 Å². The van der Waals surface area contributed by atoms with Crippen molar-refractivity contribution in [2.45, 2.75) is 0 Å². The second-order valence-electron chi connectivity index (χ2n) is 0.697. The molecule has 0 unspecified atom stereocenters. The summed E-state index contributed by atoms with van der Waals surface area (Å²) in [6, 6.07) is 0. The molecule has 0 saturated carbocycles. The Morgan fingerprint density at radius 2 is 2.00 bits per heavy atom. The van der Waals surface area contributed by atoms with Crippen molar-refractivity contribution in [3.63, 3.8) is 0 Å². The van der Waals surface area contributed by atoms with Crippen molar-refractivity contribution in [1.29, 1.82) is 0 Å². The van der Waals surface area contributed by atoms with Crippen LogP contribution in [0.25, 0.3) is 0 Å². The van der Waals surface area contributed by atoms with Crippen LogP contribution in [0, 0.1) is 0 Å². The van der Waals surface area contributed by atoms with Gasteiger partial charge in [0, 0.05) is 13.7 Å². The zero-order chi connectivity index (χ0) is 4.12. The summed E-state index contributed by atoms with van der Waals surface area (Å²) in [6.07, 6.45) is 0. The number of halogens is 1. The van der Waals surface area contributed by atoms with Crippen LogP contribution in [0.5, 0.6) is 0 Å². The monoisotopic (exact) mass is 150 g/mol. The molecule has 0 aromatic heterocycles. The molecular formula is C3H8ClKO2. The fourth-order valence-corrected chi connectivity index (χ4v) is 0.0833. The van der Waals surface area contributed by atoms with E-state index in [0.717, 1.165) is 0 Å². The Hall–Kier alpha value is 1.85. The number of hydrogen-bond donors (Lipinski definition) is 0. The first-order chi connectivity index (χ1) is 2.41. The van der Waals surface area contributed by atoms with E-state index in [1.807, 2.05) is 0 Å². The molecule has 0 heterocycles. The maximum absolute atomic E-state index is 9.40. The zero-order valence-corrected chi connectivity index (χ0v) is 8.58. The Morgan fingerprint density at radius 3 is 2.00 bits per heavy atom. The van der Waals surface area contributed by atoms with E-state index in [9.17, 15) is 5.11 Å². The van der Waals surface area contributed by atoms with Gasteiger partial charge in [0.15, 0.2) is 0 Å². The fraction of sp³-hybridized carbons (Fsp3) is 1.00.